The number of cyclic esters (lactones) is 1. The molecule has 1 atom stereocenters. The standard InChI is InChI=1S/C12H7N3O6/c13-3-5-9(6-1-2-8(20-6)15(17)18)10-7(21-11(5)14)4-19-12(10)16/h1-2,9H,4,14H2/t9-/m0/s1. The monoisotopic (exact) mass is 289 g/mol. The summed E-state index contributed by atoms with van der Waals surface area (Å²) in [6, 6.07) is 4.28. The Morgan fingerprint density at radius 3 is 2.86 bits per heavy atom. The molecule has 0 saturated carbocycles. The average Bonchev–Trinajstić information content (AvgIpc) is 3.05. The number of nitrogens with two attached hydrogens (primary N) is 1. The lowest BCUT2D eigenvalue weighted by Gasteiger charge is -2.21. The summed E-state index contributed by atoms with van der Waals surface area (Å²) in [4.78, 5) is 21.8. The Bertz CT molecular complexity index is 766. The third kappa shape index (κ3) is 1.81. The van der Waals surface area contributed by atoms with Gasteiger partial charge in [-0.2, -0.15) is 5.26 Å². The maximum absolute atomic E-state index is 11.8. The zero-order valence-corrected chi connectivity index (χ0v) is 10.4. The molecule has 2 N–H and O–H groups in total. The fourth-order valence-corrected chi connectivity index (χ4v) is 2.24. The minimum absolute atomic E-state index is 0.0517. The Hall–Kier alpha value is -3.28. The van der Waals surface area contributed by atoms with E-state index in [0.29, 0.717) is 0 Å². The van der Waals surface area contributed by atoms with Crippen LogP contribution in [0.4, 0.5) is 5.88 Å². The maximum atomic E-state index is 11.8. The Labute approximate surface area is 117 Å². The van der Waals surface area contributed by atoms with Crippen LogP contribution in [0.2, 0.25) is 0 Å². The highest BCUT2D eigenvalue weighted by molar-refractivity contribution is 5.94. The van der Waals surface area contributed by atoms with E-state index >= 15 is 0 Å². The molecule has 2 aliphatic heterocycles. The molecule has 0 aliphatic carbocycles. The van der Waals surface area contributed by atoms with Gasteiger partial charge in [-0.05, 0) is 6.07 Å². The van der Waals surface area contributed by atoms with E-state index in [9.17, 15) is 20.2 Å². The van der Waals surface area contributed by atoms with Crippen molar-refractivity contribution in [3.05, 3.63) is 50.8 Å². The molecule has 0 saturated heterocycles. The summed E-state index contributed by atoms with van der Waals surface area (Å²) in [6.45, 7) is -0.104. The summed E-state index contributed by atoms with van der Waals surface area (Å²) in [7, 11) is 0. The summed E-state index contributed by atoms with van der Waals surface area (Å²) in [5.41, 5.74) is 5.66. The molecule has 106 valence electrons. The van der Waals surface area contributed by atoms with Crippen molar-refractivity contribution in [3.8, 4) is 6.07 Å². The smallest absolute Gasteiger partial charge is 0.433 e. The zero-order valence-electron chi connectivity index (χ0n) is 10.4. The van der Waals surface area contributed by atoms with Gasteiger partial charge in [0, 0.05) is 0 Å². The van der Waals surface area contributed by atoms with Crippen molar-refractivity contribution < 1.29 is 23.6 Å². The molecule has 0 radical (unpaired) electrons. The van der Waals surface area contributed by atoms with Crippen molar-refractivity contribution in [2.24, 2.45) is 5.73 Å². The van der Waals surface area contributed by atoms with E-state index in [-0.39, 0.29) is 35.2 Å². The first-order valence-electron chi connectivity index (χ1n) is 5.74. The predicted molar refractivity (Wildman–Crippen MR) is 64.0 cm³/mol. The molecule has 9 nitrogen and oxygen atoms in total. The molecule has 1 aromatic heterocycles. The molecule has 2 aliphatic rings. The summed E-state index contributed by atoms with van der Waals surface area (Å²) < 4.78 is 15.1. The van der Waals surface area contributed by atoms with Crippen LogP contribution in [0.25, 0.3) is 0 Å². The van der Waals surface area contributed by atoms with Crippen molar-refractivity contribution in [2.75, 3.05) is 6.61 Å². The van der Waals surface area contributed by atoms with E-state index in [4.69, 9.17) is 19.6 Å². The number of furan rings is 1. The lowest BCUT2D eigenvalue weighted by molar-refractivity contribution is -0.402. The van der Waals surface area contributed by atoms with Crippen LogP contribution >= 0.6 is 0 Å². The SMILES string of the molecule is N#CC1=C(N)OC2=C(C(=O)OC2)[C@@H]1c1ccc([N+](=O)[O-])o1. The summed E-state index contributed by atoms with van der Waals surface area (Å²) in [5, 5.41) is 19.9. The third-order valence-corrected chi connectivity index (χ3v) is 3.13. The number of nitrogens with zero attached hydrogens (tertiary/aromatic N) is 2. The van der Waals surface area contributed by atoms with Gasteiger partial charge in [-0.1, -0.05) is 0 Å². The maximum Gasteiger partial charge on any atom is 0.433 e. The van der Waals surface area contributed by atoms with Gasteiger partial charge in [0.25, 0.3) is 0 Å². The van der Waals surface area contributed by atoms with Crippen molar-refractivity contribution >= 4 is 11.9 Å². The number of carbonyl (C=O) groups excluding carboxylic acids is 1. The van der Waals surface area contributed by atoms with Crippen LogP contribution in [0, 0.1) is 21.4 Å². The van der Waals surface area contributed by atoms with Gasteiger partial charge in [0.1, 0.15) is 28.9 Å². The Morgan fingerprint density at radius 1 is 1.48 bits per heavy atom. The van der Waals surface area contributed by atoms with Gasteiger partial charge in [0.2, 0.25) is 5.88 Å². The molecule has 0 fully saturated rings. The molecule has 9 heteroatoms. The van der Waals surface area contributed by atoms with Crippen molar-refractivity contribution in [2.45, 2.75) is 5.92 Å². The van der Waals surface area contributed by atoms with Crippen LogP contribution in [-0.2, 0) is 14.3 Å². The molecule has 0 spiro atoms. The highest BCUT2D eigenvalue weighted by Gasteiger charge is 2.43. The molecular weight excluding hydrogens is 282 g/mol. The number of carbonyl (C=O) groups is 1. The van der Waals surface area contributed by atoms with Gasteiger partial charge in [0.15, 0.2) is 5.76 Å². The van der Waals surface area contributed by atoms with Crippen LogP contribution in [0.15, 0.2) is 39.3 Å². The van der Waals surface area contributed by atoms with Crippen LogP contribution in [0.1, 0.15) is 11.7 Å². The number of allylic oxidation sites excluding steroid dienone is 1. The average molecular weight is 289 g/mol. The largest absolute Gasteiger partial charge is 0.454 e. The lowest BCUT2D eigenvalue weighted by atomic mass is 9.87. The first-order chi connectivity index (χ1) is 10.0. The van der Waals surface area contributed by atoms with E-state index in [1.165, 1.54) is 6.07 Å². The predicted octanol–water partition coefficient (Wildman–Crippen LogP) is 0.806. The fourth-order valence-electron chi connectivity index (χ4n) is 2.24. The number of hydrogen-bond donors (Lipinski definition) is 1. The van der Waals surface area contributed by atoms with Gasteiger partial charge < -0.3 is 19.6 Å². The highest BCUT2D eigenvalue weighted by Crippen LogP contribution is 2.43. The molecule has 3 heterocycles. The quantitative estimate of drug-likeness (QED) is 0.478. The van der Waals surface area contributed by atoms with Crippen LogP contribution in [0.5, 0.6) is 0 Å². The summed E-state index contributed by atoms with van der Waals surface area (Å²) >= 11 is 0. The molecule has 0 amide bonds. The zero-order chi connectivity index (χ0) is 15.1. The second kappa shape index (κ2) is 4.38. The molecule has 0 aromatic carbocycles. The second-order valence-corrected chi connectivity index (χ2v) is 4.27. The van der Waals surface area contributed by atoms with Gasteiger partial charge >= 0.3 is 11.9 Å². The number of hydrogen-bond acceptors (Lipinski definition) is 8. The van der Waals surface area contributed by atoms with Crippen molar-refractivity contribution in [3.63, 3.8) is 0 Å². The first-order valence-corrected chi connectivity index (χ1v) is 5.74. The molecule has 3 rings (SSSR count). The van der Waals surface area contributed by atoms with Gasteiger partial charge in [-0.3, -0.25) is 10.1 Å². The molecule has 21 heavy (non-hydrogen) atoms. The Morgan fingerprint density at radius 2 is 2.24 bits per heavy atom. The van der Waals surface area contributed by atoms with Crippen molar-refractivity contribution in [1.82, 2.24) is 0 Å². The number of ether oxygens (including phenoxy) is 2. The van der Waals surface area contributed by atoms with Gasteiger partial charge in [-0.15, -0.1) is 0 Å². The Balaban J connectivity index is 2.14. The van der Waals surface area contributed by atoms with E-state index < -0.39 is 22.7 Å². The molecule has 0 unspecified atom stereocenters. The lowest BCUT2D eigenvalue weighted by Crippen LogP contribution is -2.21. The van der Waals surface area contributed by atoms with E-state index in [1.54, 1.807) is 0 Å². The van der Waals surface area contributed by atoms with E-state index in [1.807, 2.05) is 6.07 Å². The van der Waals surface area contributed by atoms with Gasteiger partial charge in [0.05, 0.1) is 17.6 Å². The van der Waals surface area contributed by atoms with Crippen LogP contribution < -0.4 is 5.73 Å². The minimum atomic E-state index is -0.970. The summed E-state index contributed by atoms with van der Waals surface area (Å²) in [5.74, 6) is -2.09. The summed E-state index contributed by atoms with van der Waals surface area (Å²) in [6.07, 6.45) is 0. The Kier molecular flexibility index (Phi) is 2.66. The van der Waals surface area contributed by atoms with Crippen molar-refractivity contribution in [1.29, 1.82) is 5.26 Å². The number of nitro groups is 1. The topological polar surface area (TPSA) is 142 Å². The third-order valence-electron chi connectivity index (χ3n) is 3.13. The van der Waals surface area contributed by atoms with E-state index in [2.05, 4.69) is 0 Å². The fraction of sp³-hybridized carbons (Fsp3) is 0.167. The number of nitriles is 1. The molecular formula is C12H7N3O6. The minimum Gasteiger partial charge on any atom is -0.454 e. The van der Waals surface area contributed by atoms with Gasteiger partial charge in [-0.25, -0.2) is 4.79 Å². The molecule has 1 aromatic rings. The second-order valence-electron chi connectivity index (χ2n) is 4.27. The van der Waals surface area contributed by atoms with Crippen LogP contribution in [-0.4, -0.2) is 17.5 Å². The van der Waals surface area contributed by atoms with E-state index in [0.717, 1.165) is 6.07 Å². The normalized spacial score (nSPS) is 20.7. The highest BCUT2D eigenvalue weighted by atomic mass is 16.6. The number of rotatable bonds is 2. The molecule has 0 bridgehead atoms. The number of esters is 1. The van der Waals surface area contributed by atoms with Crippen LogP contribution in [0.3, 0.4) is 0 Å². The first kappa shape index (κ1) is 12.7.